The van der Waals surface area contributed by atoms with Gasteiger partial charge in [0, 0.05) is 35.4 Å². The number of nitrogens with zero attached hydrogens (tertiary/aromatic N) is 1. The van der Waals surface area contributed by atoms with Gasteiger partial charge in [-0.05, 0) is 34.7 Å². The fraction of sp³-hybridized carbons (Fsp3) is 0.222. The van der Waals surface area contributed by atoms with E-state index in [2.05, 4.69) is 10.6 Å². The minimum Gasteiger partial charge on any atom is -0.465 e. The van der Waals surface area contributed by atoms with Crippen LogP contribution in [-0.2, 0) is 32.2 Å². The Morgan fingerprint density at radius 3 is 2.18 bits per heavy atom. The number of rotatable bonds is 14. The molecule has 7 rings (SSSR count). The molecule has 0 radical (unpaired) electrons. The quantitative estimate of drug-likeness (QED) is 0.0734. The number of nitrogens with one attached hydrogen (secondary N) is 2. The molecule has 11 heteroatoms. The van der Waals surface area contributed by atoms with Crippen LogP contribution in [0.2, 0.25) is 0 Å². The van der Waals surface area contributed by atoms with Crippen LogP contribution in [0.25, 0.3) is 33.7 Å². The standard InChI is InChI=1S/C45H43N3O7S/c1-2-52-40(50)27-47-44(51)46-26-36-15-9-10-16-38(36)31-21-23-35(24-22-31)43-53-37(25-39(54-43)32-19-17-30(28-49)18-20-32)29-56-45-48-41(33-11-5-3-6-12-33)42(55-45)34-13-7-4-8-14-34/h3-24,37,39,43,49H,2,25-29H2,1H3,(H2,46,47,51)/t37-,39+,43+/m1/s1. The molecule has 0 aliphatic carbocycles. The van der Waals surface area contributed by atoms with Gasteiger partial charge < -0.3 is 34.4 Å². The molecule has 0 saturated carbocycles. The highest BCUT2D eigenvalue weighted by Gasteiger charge is 2.33. The van der Waals surface area contributed by atoms with E-state index in [4.69, 9.17) is 23.6 Å². The molecule has 0 bridgehead atoms. The number of esters is 1. The van der Waals surface area contributed by atoms with Crippen molar-refractivity contribution in [3.05, 3.63) is 156 Å². The van der Waals surface area contributed by atoms with Crippen molar-refractivity contribution in [2.75, 3.05) is 18.9 Å². The number of hydrogen-bond acceptors (Lipinski definition) is 9. The number of oxazole rings is 1. The van der Waals surface area contributed by atoms with Crippen LogP contribution in [0.1, 0.15) is 48.0 Å². The molecule has 0 spiro atoms. The first-order valence-corrected chi connectivity index (χ1v) is 19.6. The highest BCUT2D eigenvalue weighted by atomic mass is 32.2. The summed E-state index contributed by atoms with van der Waals surface area (Å²) < 4.78 is 24.6. The van der Waals surface area contributed by atoms with Crippen molar-refractivity contribution in [2.45, 2.75) is 50.2 Å². The van der Waals surface area contributed by atoms with E-state index >= 15 is 0 Å². The van der Waals surface area contributed by atoms with Gasteiger partial charge in [-0.15, -0.1) is 0 Å². The Labute approximate surface area is 330 Å². The first kappa shape index (κ1) is 38.6. The number of ether oxygens (including phenoxy) is 3. The summed E-state index contributed by atoms with van der Waals surface area (Å²) in [6.45, 7) is 2.00. The van der Waals surface area contributed by atoms with Gasteiger partial charge in [0.1, 0.15) is 12.2 Å². The Morgan fingerprint density at radius 2 is 1.46 bits per heavy atom. The summed E-state index contributed by atoms with van der Waals surface area (Å²) in [6.07, 6.45) is -0.478. The zero-order valence-corrected chi connectivity index (χ0v) is 31.7. The number of aliphatic hydroxyl groups excluding tert-OH is 1. The number of aliphatic hydroxyl groups is 1. The van der Waals surface area contributed by atoms with E-state index in [-0.39, 0.29) is 38.5 Å². The molecule has 286 valence electrons. The molecule has 2 heterocycles. The third kappa shape index (κ3) is 9.74. The Hall–Kier alpha value is -5.72. The second-order valence-corrected chi connectivity index (χ2v) is 14.1. The van der Waals surface area contributed by atoms with Crippen LogP contribution in [0.3, 0.4) is 0 Å². The zero-order chi connectivity index (χ0) is 38.7. The van der Waals surface area contributed by atoms with Crippen molar-refractivity contribution in [1.29, 1.82) is 0 Å². The van der Waals surface area contributed by atoms with E-state index in [0.717, 1.165) is 56.0 Å². The molecule has 10 nitrogen and oxygen atoms in total. The van der Waals surface area contributed by atoms with Gasteiger partial charge in [0.05, 0.1) is 25.4 Å². The van der Waals surface area contributed by atoms with Gasteiger partial charge in [0.2, 0.25) is 0 Å². The van der Waals surface area contributed by atoms with Gasteiger partial charge >= 0.3 is 12.0 Å². The summed E-state index contributed by atoms with van der Waals surface area (Å²) >= 11 is 1.52. The molecule has 1 aromatic heterocycles. The third-order valence-electron chi connectivity index (χ3n) is 9.35. The molecule has 0 unspecified atom stereocenters. The number of amides is 2. The van der Waals surface area contributed by atoms with E-state index in [9.17, 15) is 14.7 Å². The molecular weight excluding hydrogens is 727 g/mol. The van der Waals surface area contributed by atoms with Gasteiger partial charge in [0.15, 0.2) is 12.1 Å². The molecule has 1 fully saturated rings. The first-order chi connectivity index (χ1) is 27.5. The van der Waals surface area contributed by atoms with Crippen molar-refractivity contribution in [3.8, 4) is 33.7 Å². The lowest BCUT2D eigenvalue weighted by Gasteiger charge is -2.36. The second-order valence-electron chi connectivity index (χ2n) is 13.2. The van der Waals surface area contributed by atoms with Crippen molar-refractivity contribution in [3.63, 3.8) is 0 Å². The van der Waals surface area contributed by atoms with Crippen LogP contribution in [0.4, 0.5) is 4.79 Å². The highest BCUT2D eigenvalue weighted by molar-refractivity contribution is 7.99. The van der Waals surface area contributed by atoms with Crippen LogP contribution in [-0.4, -0.2) is 47.1 Å². The van der Waals surface area contributed by atoms with E-state index in [1.54, 1.807) is 6.92 Å². The molecular formula is C45H43N3O7S. The van der Waals surface area contributed by atoms with Crippen molar-refractivity contribution >= 4 is 23.8 Å². The molecule has 3 N–H and O–H groups in total. The molecule has 3 atom stereocenters. The predicted octanol–water partition coefficient (Wildman–Crippen LogP) is 8.87. The van der Waals surface area contributed by atoms with Crippen molar-refractivity contribution in [2.24, 2.45) is 0 Å². The number of aromatic nitrogens is 1. The van der Waals surface area contributed by atoms with Gasteiger partial charge in [0.25, 0.3) is 5.22 Å². The van der Waals surface area contributed by atoms with E-state index in [1.807, 2.05) is 133 Å². The summed E-state index contributed by atoms with van der Waals surface area (Å²) in [4.78, 5) is 28.9. The predicted molar refractivity (Wildman–Crippen MR) is 215 cm³/mol. The molecule has 1 saturated heterocycles. The van der Waals surface area contributed by atoms with Crippen LogP contribution >= 0.6 is 11.8 Å². The minimum absolute atomic E-state index is 0.0306. The van der Waals surface area contributed by atoms with Crippen molar-refractivity contribution in [1.82, 2.24) is 15.6 Å². The fourth-order valence-electron chi connectivity index (χ4n) is 6.50. The van der Waals surface area contributed by atoms with Crippen LogP contribution in [0, 0.1) is 0 Å². The van der Waals surface area contributed by atoms with E-state index in [0.29, 0.717) is 17.4 Å². The van der Waals surface area contributed by atoms with Crippen molar-refractivity contribution < 1.29 is 33.3 Å². The second kappa shape index (κ2) is 18.7. The summed E-state index contributed by atoms with van der Waals surface area (Å²) in [7, 11) is 0. The molecule has 2 amide bonds. The van der Waals surface area contributed by atoms with E-state index in [1.165, 1.54) is 11.8 Å². The smallest absolute Gasteiger partial charge is 0.325 e. The topological polar surface area (TPSA) is 132 Å². The number of hydrogen-bond donors (Lipinski definition) is 3. The summed E-state index contributed by atoms with van der Waals surface area (Å²) in [5.74, 6) is 0.816. The fourth-order valence-corrected chi connectivity index (χ4v) is 7.35. The SMILES string of the molecule is CCOC(=O)CNC(=O)NCc1ccccc1-c1ccc([C@H]2O[C@@H](CSc3nc(-c4ccccc4)c(-c4ccccc4)o3)C[C@@H](c3ccc(CO)cc3)O2)cc1. The lowest BCUT2D eigenvalue weighted by molar-refractivity contribution is -0.245. The molecule has 1 aliphatic heterocycles. The largest absolute Gasteiger partial charge is 0.465 e. The maximum absolute atomic E-state index is 12.4. The Balaban J connectivity index is 1.08. The minimum atomic E-state index is -0.643. The Morgan fingerprint density at radius 1 is 0.786 bits per heavy atom. The van der Waals surface area contributed by atoms with Gasteiger partial charge in [-0.2, -0.15) is 0 Å². The molecule has 5 aromatic carbocycles. The maximum atomic E-state index is 12.4. The van der Waals surface area contributed by atoms with Gasteiger partial charge in [-0.25, -0.2) is 9.78 Å². The lowest BCUT2D eigenvalue weighted by Crippen LogP contribution is -2.38. The normalized spacial score (nSPS) is 16.6. The summed E-state index contributed by atoms with van der Waals surface area (Å²) in [6, 6.07) is 43.3. The number of thioether (sulfide) groups is 1. The monoisotopic (exact) mass is 769 g/mol. The van der Waals surface area contributed by atoms with Gasteiger partial charge in [-0.1, -0.05) is 145 Å². The maximum Gasteiger partial charge on any atom is 0.325 e. The van der Waals surface area contributed by atoms with Crippen LogP contribution in [0.15, 0.2) is 143 Å². The lowest BCUT2D eigenvalue weighted by atomic mass is 9.98. The number of benzene rings is 5. The third-order valence-corrected chi connectivity index (χ3v) is 10.3. The number of urea groups is 1. The van der Waals surface area contributed by atoms with E-state index < -0.39 is 18.3 Å². The number of carbonyl (C=O) groups excluding carboxylic acids is 2. The molecule has 6 aromatic rings. The Kier molecular flexibility index (Phi) is 12.9. The summed E-state index contributed by atoms with van der Waals surface area (Å²) in [5.41, 5.74) is 8.27. The first-order valence-electron chi connectivity index (χ1n) is 18.6. The van der Waals surface area contributed by atoms with Crippen LogP contribution < -0.4 is 10.6 Å². The average molecular weight is 770 g/mol. The average Bonchev–Trinajstić information content (AvgIpc) is 3.69. The molecule has 1 aliphatic rings. The number of carbonyl (C=O) groups is 2. The van der Waals surface area contributed by atoms with Gasteiger partial charge in [-0.3, -0.25) is 4.79 Å². The molecule has 56 heavy (non-hydrogen) atoms. The summed E-state index contributed by atoms with van der Waals surface area (Å²) in [5, 5.41) is 15.6. The zero-order valence-electron chi connectivity index (χ0n) is 30.9. The van der Waals surface area contributed by atoms with Crippen LogP contribution in [0.5, 0.6) is 0 Å². The Bertz CT molecular complexity index is 2140. The highest BCUT2D eigenvalue weighted by Crippen LogP contribution is 2.41.